The van der Waals surface area contributed by atoms with E-state index in [9.17, 15) is 4.79 Å². The fourth-order valence-corrected chi connectivity index (χ4v) is 2.20. The van der Waals surface area contributed by atoms with E-state index in [-0.39, 0.29) is 11.9 Å². The van der Waals surface area contributed by atoms with Crippen molar-refractivity contribution in [2.75, 3.05) is 20.7 Å². The number of hydrogen-bond donors (Lipinski definition) is 1. The summed E-state index contributed by atoms with van der Waals surface area (Å²) >= 11 is 3.44. The highest BCUT2D eigenvalue weighted by Gasteiger charge is 2.12. The largest absolute Gasteiger partial charge is 0.496 e. The van der Waals surface area contributed by atoms with Crippen molar-refractivity contribution in [1.82, 2.24) is 4.90 Å². The number of carbonyl (C=O) groups excluding carboxylic acids is 1. The molecule has 0 spiro atoms. The van der Waals surface area contributed by atoms with Gasteiger partial charge in [-0.25, -0.2) is 0 Å². The molecule has 0 saturated heterocycles. The van der Waals surface area contributed by atoms with E-state index < -0.39 is 0 Å². The number of rotatable bonds is 6. The summed E-state index contributed by atoms with van der Waals surface area (Å²) in [4.78, 5) is 13.5. The molecule has 106 valence electrons. The molecule has 19 heavy (non-hydrogen) atoms. The maximum absolute atomic E-state index is 11.8. The lowest BCUT2D eigenvalue weighted by molar-refractivity contribution is -0.130. The van der Waals surface area contributed by atoms with Gasteiger partial charge in [0, 0.05) is 30.5 Å². The minimum Gasteiger partial charge on any atom is -0.496 e. The van der Waals surface area contributed by atoms with Crippen LogP contribution >= 0.6 is 15.9 Å². The van der Waals surface area contributed by atoms with Crippen molar-refractivity contribution < 1.29 is 9.53 Å². The van der Waals surface area contributed by atoms with Gasteiger partial charge in [-0.05, 0) is 37.1 Å². The molecule has 1 rings (SSSR count). The minimum atomic E-state index is -0.102. The van der Waals surface area contributed by atoms with Crippen LogP contribution in [-0.2, 0) is 11.2 Å². The standard InChI is InChI=1S/C14H21BrN2O2/c1-10(16)8-14(18)17(2)7-6-11-9-12(15)4-5-13(11)19-3/h4-5,9-10H,6-8,16H2,1-3H3. The van der Waals surface area contributed by atoms with E-state index >= 15 is 0 Å². The molecule has 4 nitrogen and oxygen atoms in total. The van der Waals surface area contributed by atoms with Crippen LogP contribution in [0.1, 0.15) is 18.9 Å². The van der Waals surface area contributed by atoms with Crippen LogP contribution in [0.15, 0.2) is 22.7 Å². The molecule has 0 aliphatic rings. The Labute approximate surface area is 123 Å². The van der Waals surface area contributed by atoms with Gasteiger partial charge in [0.25, 0.3) is 0 Å². The van der Waals surface area contributed by atoms with Gasteiger partial charge >= 0.3 is 0 Å². The highest BCUT2D eigenvalue weighted by molar-refractivity contribution is 9.10. The second-order valence-corrected chi connectivity index (χ2v) is 5.62. The van der Waals surface area contributed by atoms with Gasteiger partial charge in [0.1, 0.15) is 5.75 Å². The molecule has 0 fully saturated rings. The molecule has 1 unspecified atom stereocenters. The van der Waals surface area contributed by atoms with E-state index in [2.05, 4.69) is 15.9 Å². The fourth-order valence-electron chi connectivity index (χ4n) is 1.79. The molecular formula is C14H21BrN2O2. The summed E-state index contributed by atoms with van der Waals surface area (Å²) in [5, 5.41) is 0. The summed E-state index contributed by atoms with van der Waals surface area (Å²) in [7, 11) is 3.45. The number of nitrogens with zero attached hydrogens (tertiary/aromatic N) is 1. The lowest BCUT2D eigenvalue weighted by Crippen LogP contribution is -2.33. The van der Waals surface area contributed by atoms with Gasteiger partial charge in [-0.1, -0.05) is 15.9 Å². The molecule has 0 radical (unpaired) electrons. The topological polar surface area (TPSA) is 55.6 Å². The van der Waals surface area contributed by atoms with Crippen LogP contribution in [0.25, 0.3) is 0 Å². The normalized spacial score (nSPS) is 12.1. The molecule has 0 heterocycles. The lowest BCUT2D eigenvalue weighted by atomic mass is 10.1. The number of hydrogen-bond acceptors (Lipinski definition) is 3. The third-order valence-electron chi connectivity index (χ3n) is 2.88. The highest BCUT2D eigenvalue weighted by Crippen LogP contribution is 2.23. The number of benzene rings is 1. The first-order valence-corrected chi connectivity index (χ1v) is 7.05. The second-order valence-electron chi connectivity index (χ2n) is 4.70. The maximum atomic E-state index is 11.8. The molecule has 1 aromatic rings. The van der Waals surface area contributed by atoms with Crippen LogP contribution in [0.4, 0.5) is 0 Å². The Bertz CT molecular complexity index is 435. The highest BCUT2D eigenvalue weighted by atomic mass is 79.9. The Morgan fingerprint density at radius 3 is 2.79 bits per heavy atom. The van der Waals surface area contributed by atoms with Crippen LogP contribution in [0.2, 0.25) is 0 Å². The lowest BCUT2D eigenvalue weighted by Gasteiger charge is -2.19. The number of carbonyl (C=O) groups is 1. The summed E-state index contributed by atoms with van der Waals surface area (Å²) < 4.78 is 6.32. The Kier molecular flexibility index (Phi) is 6.31. The Hall–Kier alpha value is -1.07. The molecule has 0 bridgehead atoms. The first kappa shape index (κ1) is 16.0. The zero-order valence-corrected chi connectivity index (χ0v) is 13.2. The first-order valence-electron chi connectivity index (χ1n) is 6.26. The van der Waals surface area contributed by atoms with Crippen molar-refractivity contribution in [3.63, 3.8) is 0 Å². The fraction of sp³-hybridized carbons (Fsp3) is 0.500. The average molecular weight is 329 g/mol. The average Bonchev–Trinajstić information content (AvgIpc) is 2.35. The van der Waals surface area contributed by atoms with Gasteiger partial charge in [-0.3, -0.25) is 4.79 Å². The third-order valence-corrected chi connectivity index (χ3v) is 3.37. The molecule has 0 aliphatic heterocycles. The molecule has 1 atom stereocenters. The van der Waals surface area contributed by atoms with Crippen molar-refractivity contribution in [1.29, 1.82) is 0 Å². The van der Waals surface area contributed by atoms with Crippen LogP contribution in [0.5, 0.6) is 5.75 Å². The van der Waals surface area contributed by atoms with Gasteiger partial charge in [0.2, 0.25) is 5.91 Å². The van der Waals surface area contributed by atoms with Crippen molar-refractivity contribution >= 4 is 21.8 Å². The van der Waals surface area contributed by atoms with E-state index in [1.807, 2.05) is 25.1 Å². The number of likely N-dealkylation sites (N-methyl/N-ethyl adjacent to an activating group) is 1. The molecule has 1 aromatic carbocycles. The Balaban J connectivity index is 2.61. The number of amides is 1. The predicted molar refractivity (Wildman–Crippen MR) is 80.3 cm³/mol. The molecule has 0 aliphatic carbocycles. The smallest absolute Gasteiger partial charge is 0.223 e. The predicted octanol–water partition coefficient (Wildman–Crippen LogP) is 2.20. The van der Waals surface area contributed by atoms with Crippen LogP contribution in [0, 0.1) is 0 Å². The summed E-state index contributed by atoms with van der Waals surface area (Å²) in [5.41, 5.74) is 6.71. The Morgan fingerprint density at radius 2 is 2.21 bits per heavy atom. The molecular weight excluding hydrogens is 308 g/mol. The number of ether oxygens (including phenoxy) is 1. The summed E-state index contributed by atoms with van der Waals surface area (Å²) in [6.45, 7) is 2.49. The van der Waals surface area contributed by atoms with Gasteiger partial charge in [0.15, 0.2) is 0 Å². The monoisotopic (exact) mass is 328 g/mol. The second kappa shape index (κ2) is 7.50. The van der Waals surface area contributed by atoms with Crippen molar-refractivity contribution in [3.05, 3.63) is 28.2 Å². The number of methoxy groups -OCH3 is 1. The van der Waals surface area contributed by atoms with Crippen molar-refractivity contribution in [2.24, 2.45) is 5.73 Å². The Morgan fingerprint density at radius 1 is 1.53 bits per heavy atom. The van der Waals surface area contributed by atoms with E-state index in [1.54, 1.807) is 19.1 Å². The summed E-state index contributed by atoms with van der Waals surface area (Å²) in [5.74, 6) is 0.917. The van der Waals surface area contributed by atoms with Gasteiger partial charge in [-0.2, -0.15) is 0 Å². The van der Waals surface area contributed by atoms with Gasteiger partial charge in [-0.15, -0.1) is 0 Å². The van der Waals surface area contributed by atoms with Crippen molar-refractivity contribution in [3.8, 4) is 5.75 Å². The quantitative estimate of drug-likeness (QED) is 0.870. The van der Waals surface area contributed by atoms with Gasteiger partial charge < -0.3 is 15.4 Å². The van der Waals surface area contributed by atoms with Gasteiger partial charge in [0.05, 0.1) is 7.11 Å². The van der Waals surface area contributed by atoms with Crippen LogP contribution < -0.4 is 10.5 Å². The molecule has 0 aromatic heterocycles. The molecule has 0 saturated carbocycles. The molecule has 1 amide bonds. The molecule has 5 heteroatoms. The van der Waals surface area contributed by atoms with E-state index in [0.29, 0.717) is 13.0 Å². The van der Waals surface area contributed by atoms with Crippen LogP contribution in [0.3, 0.4) is 0 Å². The minimum absolute atomic E-state index is 0.0731. The van der Waals surface area contributed by atoms with Crippen molar-refractivity contribution in [2.45, 2.75) is 25.8 Å². The summed E-state index contributed by atoms with van der Waals surface area (Å²) in [6, 6.07) is 5.77. The first-order chi connectivity index (χ1) is 8.93. The van der Waals surface area contributed by atoms with E-state index in [4.69, 9.17) is 10.5 Å². The van der Waals surface area contributed by atoms with E-state index in [1.165, 1.54) is 0 Å². The molecule has 2 N–H and O–H groups in total. The maximum Gasteiger partial charge on any atom is 0.223 e. The number of halogens is 1. The summed E-state index contributed by atoms with van der Waals surface area (Å²) in [6.07, 6.45) is 1.13. The zero-order valence-electron chi connectivity index (χ0n) is 11.6. The van der Waals surface area contributed by atoms with E-state index in [0.717, 1.165) is 22.2 Å². The zero-order chi connectivity index (χ0) is 14.4. The number of nitrogens with two attached hydrogens (primary N) is 1. The SMILES string of the molecule is COc1ccc(Br)cc1CCN(C)C(=O)CC(C)N. The van der Waals surface area contributed by atoms with Crippen LogP contribution in [-0.4, -0.2) is 37.6 Å². The third kappa shape index (κ3) is 5.20.